The number of carbonyl (C=O) groups excluding carboxylic acids is 1. The first kappa shape index (κ1) is 28.6. The molecule has 2 heterocycles. The Balaban J connectivity index is 0.00000176. The lowest BCUT2D eigenvalue weighted by Gasteiger charge is -2.34. The Bertz CT molecular complexity index is 1640. The zero-order valence-corrected chi connectivity index (χ0v) is 23.7. The molecule has 0 saturated carbocycles. The van der Waals surface area contributed by atoms with Gasteiger partial charge in [-0.2, -0.15) is 0 Å². The standard InChI is InChI=1S/C32H32N4O.2ClH/c1-2-3-10-25-29(24-11-6-9-21-12-13-35-20-28(21)24)26-18-22-7-4-5-8-23(22)19-27(26)31(30(25)32(33)37)36-16-14-34-15-17-36;;/h4-9,11-13,18-20,34H,2-3,10,14-17H2,1H3,(H2,33,37);2*1H. The Kier molecular flexibility index (Phi) is 8.96. The van der Waals surface area contributed by atoms with E-state index < -0.39 is 0 Å². The molecule has 1 fully saturated rings. The molecule has 0 spiro atoms. The SMILES string of the molecule is CCCCc1c(C(N)=O)c(N2CCNCC2)c2cc3ccccc3cc2c1-c1cccc2ccncc12.Cl.Cl. The van der Waals surface area contributed by atoms with Crippen molar-refractivity contribution in [1.29, 1.82) is 0 Å². The lowest BCUT2D eigenvalue weighted by molar-refractivity contribution is 0.1000. The fraction of sp³-hybridized carbons (Fsp3) is 0.250. The van der Waals surface area contributed by atoms with Crippen LogP contribution in [0.2, 0.25) is 0 Å². The number of carbonyl (C=O) groups is 1. The number of benzene rings is 4. The number of unbranched alkanes of at least 4 members (excludes halogenated alkanes) is 1. The largest absolute Gasteiger partial charge is 0.368 e. The molecule has 7 heteroatoms. The maximum Gasteiger partial charge on any atom is 0.251 e. The minimum absolute atomic E-state index is 0. The van der Waals surface area contributed by atoms with Crippen LogP contribution in [0.3, 0.4) is 0 Å². The van der Waals surface area contributed by atoms with E-state index in [0.29, 0.717) is 5.56 Å². The Morgan fingerprint density at radius 1 is 0.923 bits per heavy atom. The van der Waals surface area contributed by atoms with Gasteiger partial charge in [-0.3, -0.25) is 9.78 Å². The van der Waals surface area contributed by atoms with E-state index in [9.17, 15) is 4.79 Å². The van der Waals surface area contributed by atoms with Gasteiger partial charge in [0.25, 0.3) is 5.91 Å². The highest BCUT2D eigenvalue weighted by Crippen LogP contribution is 2.45. The molecule has 0 atom stereocenters. The molecular weight excluding hydrogens is 527 g/mol. The number of pyridine rings is 1. The van der Waals surface area contributed by atoms with Gasteiger partial charge in [-0.25, -0.2) is 0 Å². The van der Waals surface area contributed by atoms with E-state index in [2.05, 4.69) is 76.7 Å². The summed E-state index contributed by atoms with van der Waals surface area (Å²) >= 11 is 0. The van der Waals surface area contributed by atoms with E-state index >= 15 is 0 Å². The second-order valence-corrected chi connectivity index (χ2v) is 9.93. The van der Waals surface area contributed by atoms with E-state index in [4.69, 9.17) is 5.73 Å². The Morgan fingerprint density at radius 3 is 2.31 bits per heavy atom. The van der Waals surface area contributed by atoms with Crippen LogP contribution in [0.15, 0.2) is 73.1 Å². The first-order chi connectivity index (χ1) is 18.2. The van der Waals surface area contributed by atoms with Crippen LogP contribution < -0.4 is 16.0 Å². The lowest BCUT2D eigenvalue weighted by Crippen LogP contribution is -2.44. The fourth-order valence-corrected chi connectivity index (χ4v) is 5.93. The number of hydrogen-bond donors (Lipinski definition) is 2. The van der Waals surface area contributed by atoms with Gasteiger partial charge >= 0.3 is 0 Å². The smallest absolute Gasteiger partial charge is 0.251 e. The monoisotopic (exact) mass is 560 g/mol. The number of anilines is 1. The highest BCUT2D eigenvalue weighted by Gasteiger charge is 2.28. The number of amides is 1. The quantitative estimate of drug-likeness (QED) is 0.221. The minimum atomic E-state index is -0.352. The molecule has 3 N–H and O–H groups in total. The number of fused-ring (bicyclic) bond motifs is 3. The molecule has 5 aromatic rings. The third kappa shape index (κ3) is 5.14. The zero-order valence-electron chi connectivity index (χ0n) is 22.1. The summed E-state index contributed by atoms with van der Waals surface area (Å²) in [7, 11) is 0. The van der Waals surface area contributed by atoms with Crippen molar-refractivity contribution in [3.63, 3.8) is 0 Å². The van der Waals surface area contributed by atoms with Gasteiger partial charge in [-0.1, -0.05) is 55.8 Å². The molecule has 5 nitrogen and oxygen atoms in total. The third-order valence-electron chi connectivity index (χ3n) is 7.66. The summed E-state index contributed by atoms with van der Waals surface area (Å²) in [6.07, 6.45) is 6.58. The number of primary amides is 1. The van der Waals surface area contributed by atoms with Crippen LogP contribution in [0.4, 0.5) is 5.69 Å². The van der Waals surface area contributed by atoms with Gasteiger partial charge in [0.1, 0.15) is 0 Å². The highest BCUT2D eigenvalue weighted by atomic mass is 35.5. The predicted molar refractivity (Wildman–Crippen MR) is 169 cm³/mol. The topological polar surface area (TPSA) is 71.2 Å². The van der Waals surface area contributed by atoms with Gasteiger partial charge < -0.3 is 16.0 Å². The fourth-order valence-electron chi connectivity index (χ4n) is 5.93. The summed E-state index contributed by atoms with van der Waals surface area (Å²) in [5, 5.41) is 10.3. The third-order valence-corrected chi connectivity index (χ3v) is 7.66. The maximum atomic E-state index is 13.4. The zero-order chi connectivity index (χ0) is 25.4. The summed E-state index contributed by atoms with van der Waals surface area (Å²) in [6.45, 7) is 5.64. The van der Waals surface area contributed by atoms with Crippen molar-refractivity contribution in [3.05, 3.63) is 84.2 Å². The van der Waals surface area contributed by atoms with Crippen LogP contribution in [0.25, 0.3) is 43.4 Å². The molecule has 1 aromatic heterocycles. The lowest BCUT2D eigenvalue weighted by atomic mass is 9.83. The summed E-state index contributed by atoms with van der Waals surface area (Å²) in [5.41, 5.74) is 11.2. The number of nitrogens with one attached hydrogen (secondary N) is 1. The molecule has 1 aliphatic heterocycles. The molecular formula is C32H34Cl2N4O. The summed E-state index contributed by atoms with van der Waals surface area (Å²) < 4.78 is 0. The van der Waals surface area contributed by atoms with Crippen molar-refractivity contribution in [2.75, 3.05) is 31.1 Å². The molecule has 0 radical (unpaired) electrons. The first-order valence-corrected chi connectivity index (χ1v) is 13.3. The van der Waals surface area contributed by atoms with Crippen LogP contribution in [-0.4, -0.2) is 37.1 Å². The van der Waals surface area contributed by atoms with Gasteiger partial charge in [0.05, 0.1) is 11.3 Å². The Hall–Kier alpha value is -3.38. The van der Waals surface area contributed by atoms with Gasteiger partial charge in [-0.05, 0) is 69.3 Å². The van der Waals surface area contributed by atoms with Gasteiger partial charge in [0.15, 0.2) is 0 Å². The summed E-state index contributed by atoms with van der Waals surface area (Å²) in [4.78, 5) is 20.2. The van der Waals surface area contributed by atoms with Crippen molar-refractivity contribution >= 4 is 68.7 Å². The molecule has 6 rings (SSSR count). The first-order valence-electron chi connectivity index (χ1n) is 13.3. The summed E-state index contributed by atoms with van der Waals surface area (Å²) in [6, 6.07) is 21.5. The van der Waals surface area contributed by atoms with Crippen LogP contribution in [0.5, 0.6) is 0 Å². The number of hydrogen-bond acceptors (Lipinski definition) is 4. The normalized spacial score (nSPS) is 13.3. The average molecular weight is 562 g/mol. The van der Waals surface area contributed by atoms with Gasteiger partial charge in [0, 0.05) is 49.3 Å². The van der Waals surface area contributed by atoms with Crippen molar-refractivity contribution < 1.29 is 4.79 Å². The van der Waals surface area contributed by atoms with Crippen LogP contribution in [0, 0.1) is 0 Å². The van der Waals surface area contributed by atoms with E-state index in [1.54, 1.807) is 0 Å². The van der Waals surface area contributed by atoms with Crippen molar-refractivity contribution in [3.8, 4) is 11.1 Å². The van der Waals surface area contributed by atoms with Gasteiger partial charge in [-0.15, -0.1) is 24.8 Å². The molecule has 202 valence electrons. The second kappa shape index (κ2) is 12.2. The van der Waals surface area contributed by atoms with E-state index in [1.165, 1.54) is 10.8 Å². The number of rotatable bonds is 6. The second-order valence-electron chi connectivity index (χ2n) is 9.93. The molecule has 0 aliphatic carbocycles. The Labute approximate surface area is 241 Å². The van der Waals surface area contributed by atoms with E-state index in [0.717, 1.165) is 89.4 Å². The van der Waals surface area contributed by atoms with Crippen molar-refractivity contribution in [2.45, 2.75) is 26.2 Å². The molecule has 0 bridgehead atoms. The van der Waals surface area contributed by atoms with Crippen molar-refractivity contribution in [1.82, 2.24) is 10.3 Å². The van der Waals surface area contributed by atoms with E-state index in [-0.39, 0.29) is 30.7 Å². The highest BCUT2D eigenvalue weighted by molar-refractivity contribution is 6.19. The Morgan fingerprint density at radius 2 is 1.62 bits per heavy atom. The van der Waals surface area contributed by atoms with Crippen molar-refractivity contribution in [2.24, 2.45) is 5.73 Å². The number of halogens is 2. The molecule has 39 heavy (non-hydrogen) atoms. The molecule has 0 unspecified atom stereocenters. The molecule has 4 aromatic carbocycles. The predicted octanol–water partition coefficient (Wildman–Crippen LogP) is 6.90. The number of nitrogens with zero attached hydrogens (tertiary/aromatic N) is 2. The van der Waals surface area contributed by atoms with Gasteiger partial charge in [0.2, 0.25) is 0 Å². The number of aromatic nitrogens is 1. The van der Waals surface area contributed by atoms with Crippen LogP contribution >= 0.6 is 24.8 Å². The summed E-state index contributed by atoms with van der Waals surface area (Å²) in [5.74, 6) is -0.352. The maximum absolute atomic E-state index is 13.4. The number of piperazine rings is 1. The molecule has 1 aliphatic rings. The average Bonchev–Trinajstić information content (AvgIpc) is 2.94. The van der Waals surface area contributed by atoms with Crippen LogP contribution in [-0.2, 0) is 6.42 Å². The van der Waals surface area contributed by atoms with E-state index in [1.807, 2.05) is 18.5 Å². The number of nitrogens with two attached hydrogens (primary N) is 1. The van der Waals surface area contributed by atoms with Crippen LogP contribution in [0.1, 0.15) is 35.7 Å². The minimum Gasteiger partial charge on any atom is -0.368 e. The molecule has 1 amide bonds. The molecule has 1 saturated heterocycles.